The summed E-state index contributed by atoms with van der Waals surface area (Å²) < 4.78 is 4.44. The quantitative estimate of drug-likeness (QED) is 0.652. The maximum absolute atomic E-state index is 12.1. The van der Waals surface area contributed by atoms with E-state index in [0.717, 1.165) is 5.56 Å². The van der Waals surface area contributed by atoms with Crippen LogP contribution in [0.25, 0.3) is 0 Å². The van der Waals surface area contributed by atoms with Gasteiger partial charge in [0, 0.05) is 5.69 Å². The van der Waals surface area contributed by atoms with E-state index in [2.05, 4.69) is 15.4 Å². The van der Waals surface area contributed by atoms with Crippen LogP contribution in [0.4, 0.5) is 5.69 Å². The molecule has 8 heteroatoms. The molecule has 0 saturated carbocycles. The Hall–Kier alpha value is -2.12. The van der Waals surface area contributed by atoms with Crippen LogP contribution in [0.1, 0.15) is 26.3 Å². The highest BCUT2D eigenvalue weighted by atomic mass is 35.5. The molecule has 4 N–H and O–H groups in total. The lowest BCUT2D eigenvalue weighted by Gasteiger charge is -2.25. The SMILES string of the molecule is COC(=O)CNC(=O)Cc1ccc(NC(=O)[C@@H](N)C(C)(C)C)cc1.Cl. The summed E-state index contributed by atoms with van der Waals surface area (Å²) in [7, 11) is 1.26. The predicted molar refractivity (Wildman–Crippen MR) is 98.5 cm³/mol. The van der Waals surface area contributed by atoms with Gasteiger partial charge in [0.05, 0.1) is 19.6 Å². The van der Waals surface area contributed by atoms with Crippen molar-refractivity contribution in [3.63, 3.8) is 0 Å². The van der Waals surface area contributed by atoms with Crippen LogP contribution in [0.2, 0.25) is 0 Å². The molecule has 0 bridgehead atoms. The first kappa shape index (κ1) is 22.9. The Labute approximate surface area is 154 Å². The summed E-state index contributed by atoms with van der Waals surface area (Å²) in [6.45, 7) is 5.53. The van der Waals surface area contributed by atoms with Gasteiger partial charge in [-0.05, 0) is 23.1 Å². The topological polar surface area (TPSA) is 111 Å². The first-order valence-electron chi connectivity index (χ1n) is 7.62. The number of ether oxygens (including phenoxy) is 1. The molecule has 0 unspecified atom stereocenters. The summed E-state index contributed by atoms with van der Waals surface area (Å²) in [6, 6.07) is 6.25. The van der Waals surface area contributed by atoms with Gasteiger partial charge in [0.25, 0.3) is 0 Å². The molecule has 1 aromatic carbocycles. The summed E-state index contributed by atoms with van der Waals surface area (Å²) in [5, 5.41) is 5.21. The molecule has 25 heavy (non-hydrogen) atoms. The lowest BCUT2D eigenvalue weighted by molar-refractivity contribution is -0.141. The Balaban J connectivity index is 0.00000576. The number of nitrogens with one attached hydrogen (secondary N) is 2. The van der Waals surface area contributed by atoms with Crippen LogP contribution < -0.4 is 16.4 Å². The number of benzene rings is 1. The first-order valence-corrected chi connectivity index (χ1v) is 7.62. The molecule has 1 rings (SSSR count). The van der Waals surface area contributed by atoms with Gasteiger partial charge in [-0.1, -0.05) is 32.9 Å². The van der Waals surface area contributed by atoms with Gasteiger partial charge < -0.3 is 21.1 Å². The largest absolute Gasteiger partial charge is 0.468 e. The molecule has 2 amide bonds. The molecule has 0 aliphatic rings. The molecule has 0 aliphatic carbocycles. The van der Waals surface area contributed by atoms with E-state index in [1.807, 2.05) is 20.8 Å². The monoisotopic (exact) mass is 371 g/mol. The van der Waals surface area contributed by atoms with Crippen LogP contribution in [0, 0.1) is 5.41 Å². The molecule has 0 radical (unpaired) electrons. The summed E-state index contributed by atoms with van der Waals surface area (Å²) in [5.41, 5.74) is 6.94. The second kappa shape index (κ2) is 10.0. The fourth-order valence-electron chi connectivity index (χ4n) is 1.81. The van der Waals surface area contributed by atoms with Gasteiger partial charge in [0.15, 0.2) is 0 Å². The van der Waals surface area contributed by atoms with Crippen LogP contribution in [0.15, 0.2) is 24.3 Å². The summed E-state index contributed by atoms with van der Waals surface area (Å²) in [5.74, 6) is -1.05. The number of halogens is 1. The molecule has 1 aromatic rings. The Morgan fingerprint density at radius 2 is 1.72 bits per heavy atom. The van der Waals surface area contributed by atoms with Gasteiger partial charge >= 0.3 is 5.97 Å². The van der Waals surface area contributed by atoms with E-state index in [1.165, 1.54) is 7.11 Å². The molecular weight excluding hydrogens is 346 g/mol. The molecule has 0 aliphatic heterocycles. The second-order valence-corrected chi connectivity index (χ2v) is 6.56. The van der Waals surface area contributed by atoms with Crippen molar-refractivity contribution in [1.29, 1.82) is 0 Å². The average molecular weight is 372 g/mol. The van der Waals surface area contributed by atoms with Crippen molar-refractivity contribution in [2.24, 2.45) is 11.1 Å². The number of nitrogens with two attached hydrogens (primary N) is 1. The summed E-state index contributed by atoms with van der Waals surface area (Å²) in [4.78, 5) is 34.7. The number of rotatable bonds is 6. The van der Waals surface area contributed by atoms with E-state index in [-0.39, 0.29) is 42.6 Å². The van der Waals surface area contributed by atoms with Gasteiger partial charge in [0.2, 0.25) is 11.8 Å². The number of carbonyl (C=O) groups excluding carboxylic acids is 3. The molecule has 140 valence electrons. The van der Waals surface area contributed by atoms with Gasteiger partial charge in [-0.25, -0.2) is 0 Å². The van der Waals surface area contributed by atoms with E-state index in [0.29, 0.717) is 5.69 Å². The number of carbonyl (C=O) groups is 3. The van der Waals surface area contributed by atoms with Gasteiger partial charge in [-0.15, -0.1) is 12.4 Å². The van der Waals surface area contributed by atoms with Crippen molar-refractivity contribution >= 4 is 35.9 Å². The van der Waals surface area contributed by atoms with Crippen molar-refractivity contribution in [2.45, 2.75) is 33.2 Å². The average Bonchev–Trinajstić information content (AvgIpc) is 2.52. The molecule has 0 aromatic heterocycles. The van der Waals surface area contributed by atoms with E-state index < -0.39 is 12.0 Å². The molecule has 0 saturated heterocycles. The van der Waals surface area contributed by atoms with Crippen molar-refractivity contribution in [3.05, 3.63) is 29.8 Å². The second-order valence-electron chi connectivity index (χ2n) is 6.56. The van der Waals surface area contributed by atoms with Crippen LogP contribution in [0.5, 0.6) is 0 Å². The Bertz CT molecular complexity index is 597. The highest BCUT2D eigenvalue weighted by Gasteiger charge is 2.27. The van der Waals surface area contributed by atoms with Crippen LogP contribution >= 0.6 is 12.4 Å². The standard InChI is InChI=1S/C17H25N3O4.ClH/c1-17(2,3)15(18)16(23)20-12-7-5-11(6-8-12)9-13(21)19-10-14(22)24-4;/h5-8,15H,9-10,18H2,1-4H3,(H,19,21)(H,20,23);1H/t15-;/m1./s1. The van der Waals surface area contributed by atoms with Crippen LogP contribution in [-0.4, -0.2) is 37.5 Å². The van der Waals surface area contributed by atoms with Gasteiger partial charge in [-0.2, -0.15) is 0 Å². The molecule has 0 heterocycles. The van der Waals surface area contributed by atoms with E-state index in [1.54, 1.807) is 24.3 Å². The zero-order valence-electron chi connectivity index (χ0n) is 14.9. The maximum atomic E-state index is 12.1. The van der Waals surface area contributed by atoms with Crippen LogP contribution in [0.3, 0.4) is 0 Å². The van der Waals surface area contributed by atoms with Crippen molar-refractivity contribution in [2.75, 3.05) is 19.0 Å². The van der Waals surface area contributed by atoms with Gasteiger partial charge in [0.1, 0.15) is 6.54 Å². The maximum Gasteiger partial charge on any atom is 0.325 e. The zero-order chi connectivity index (χ0) is 18.3. The van der Waals surface area contributed by atoms with E-state index >= 15 is 0 Å². The Kier molecular flexibility index (Phi) is 9.16. The van der Waals surface area contributed by atoms with Crippen molar-refractivity contribution < 1.29 is 19.1 Å². The molecule has 0 spiro atoms. The predicted octanol–water partition coefficient (Wildman–Crippen LogP) is 1.25. The van der Waals surface area contributed by atoms with E-state index in [4.69, 9.17) is 5.73 Å². The lowest BCUT2D eigenvalue weighted by atomic mass is 9.87. The number of amides is 2. The number of esters is 1. The molecule has 1 atom stereocenters. The highest BCUT2D eigenvalue weighted by molar-refractivity contribution is 5.95. The molecule has 7 nitrogen and oxygen atoms in total. The fourth-order valence-corrected chi connectivity index (χ4v) is 1.81. The third-order valence-electron chi connectivity index (χ3n) is 3.46. The van der Waals surface area contributed by atoms with Crippen molar-refractivity contribution in [1.82, 2.24) is 5.32 Å². The third kappa shape index (κ3) is 8.00. The Morgan fingerprint density at radius 1 is 1.16 bits per heavy atom. The third-order valence-corrected chi connectivity index (χ3v) is 3.46. The van der Waals surface area contributed by atoms with Gasteiger partial charge in [-0.3, -0.25) is 14.4 Å². The smallest absolute Gasteiger partial charge is 0.325 e. The van der Waals surface area contributed by atoms with Crippen LogP contribution in [-0.2, 0) is 25.5 Å². The normalized spacial score (nSPS) is 11.7. The summed E-state index contributed by atoms with van der Waals surface area (Å²) in [6.07, 6.45) is 0.132. The number of hydrogen-bond donors (Lipinski definition) is 3. The first-order chi connectivity index (χ1) is 11.1. The number of methoxy groups -OCH3 is 1. The number of hydrogen-bond acceptors (Lipinski definition) is 5. The minimum atomic E-state index is -0.624. The number of anilines is 1. The molecular formula is C17H26ClN3O4. The minimum absolute atomic E-state index is 0. The minimum Gasteiger partial charge on any atom is -0.468 e. The summed E-state index contributed by atoms with van der Waals surface area (Å²) >= 11 is 0. The highest BCUT2D eigenvalue weighted by Crippen LogP contribution is 2.19. The zero-order valence-corrected chi connectivity index (χ0v) is 15.7. The van der Waals surface area contributed by atoms with E-state index in [9.17, 15) is 14.4 Å². The lowest BCUT2D eigenvalue weighted by Crippen LogP contribution is -2.45. The molecule has 0 fully saturated rings. The Morgan fingerprint density at radius 3 is 2.20 bits per heavy atom. The van der Waals surface area contributed by atoms with Crippen molar-refractivity contribution in [3.8, 4) is 0 Å². The fraction of sp³-hybridized carbons (Fsp3) is 0.471.